The van der Waals surface area contributed by atoms with Crippen LogP contribution in [0.15, 0.2) is 48.5 Å². The van der Waals surface area contributed by atoms with Gasteiger partial charge in [-0.25, -0.2) is 0 Å². The van der Waals surface area contributed by atoms with Crippen molar-refractivity contribution in [1.29, 1.82) is 0 Å². The van der Waals surface area contributed by atoms with Crippen LogP contribution in [0, 0.1) is 0 Å². The van der Waals surface area contributed by atoms with Gasteiger partial charge in [-0.05, 0) is 36.8 Å². The molecule has 0 atom stereocenters. The number of para-hydroxylation sites is 2. The van der Waals surface area contributed by atoms with Crippen molar-refractivity contribution in [1.82, 2.24) is 5.32 Å². The van der Waals surface area contributed by atoms with E-state index in [2.05, 4.69) is 10.6 Å². The lowest BCUT2D eigenvalue weighted by Crippen LogP contribution is -2.29. The highest BCUT2D eigenvalue weighted by molar-refractivity contribution is 5.81. The quantitative estimate of drug-likeness (QED) is 0.786. The van der Waals surface area contributed by atoms with Gasteiger partial charge in [-0.15, -0.1) is 0 Å². The zero-order chi connectivity index (χ0) is 16.5. The summed E-state index contributed by atoms with van der Waals surface area (Å²) in [6.45, 7) is 3.16. The number of methoxy groups -OCH3 is 1. The highest BCUT2D eigenvalue weighted by Gasteiger charge is 2.05. The van der Waals surface area contributed by atoms with Crippen LogP contribution in [-0.4, -0.2) is 26.2 Å². The smallest absolute Gasteiger partial charge is 0.239 e. The molecule has 5 nitrogen and oxygen atoms in total. The molecule has 1 amide bonds. The molecular weight excluding hydrogens is 292 g/mol. The molecule has 0 aliphatic heterocycles. The lowest BCUT2D eigenvalue weighted by Gasteiger charge is -2.12. The number of ether oxygens (including phenoxy) is 2. The Labute approximate surface area is 136 Å². The maximum atomic E-state index is 12.0. The number of amides is 1. The molecule has 2 N–H and O–H groups in total. The number of carbonyl (C=O) groups is 1. The first-order valence-corrected chi connectivity index (χ1v) is 7.58. The van der Waals surface area contributed by atoms with Crippen LogP contribution in [0.2, 0.25) is 0 Å². The van der Waals surface area contributed by atoms with E-state index in [-0.39, 0.29) is 12.5 Å². The molecule has 0 aliphatic carbocycles. The third-order valence-electron chi connectivity index (χ3n) is 3.25. The molecule has 0 aliphatic rings. The van der Waals surface area contributed by atoms with Gasteiger partial charge in [0.2, 0.25) is 5.91 Å². The van der Waals surface area contributed by atoms with Crippen molar-refractivity contribution < 1.29 is 14.3 Å². The molecule has 122 valence electrons. The molecule has 0 unspecified atom stereocenters. The van der Waals surface area contributed by atoms with Gasteiger partial charge in [0, 0.05) is 6.54 Å². The molecule has 23 heavy (non-hydrogen) atoms. The van der Waals surface area contributed by atoms with E-state index in [0.29, 0.717) is 13.2 Å². The summed E-state index contributed by atoms with van der Waals surface area (Å²) in [5, 5.41) is 5.97. The van der Waals surface area contributed by atoms with E-state index in [4.69, 9.17) is 9.47 Å². The Bertz CT molecular complexity index is 644. The van der Waals surface area contributed by atoms with E-state index >= 15 is 0 Å². The molecule has 0 aromatic heterocycles. The monoisotopic (exact) mass is 314 g/mol. The Balaban J connectivity index is 1.83. The van der Waals surface area contributed by atoms with E-state index < -0.39 is 0 Å². The van der Waals surface area contributed by atoms with Crippen molar-refractivity contribution in [2.24, 2.45) is 0 Å². The first-order chi connectivity index (χ1) is 11.2. The lowest BCUT2D eigenvalue weighted by atomic mass is 10.2. The van der Waals surface area contributed by atoms with Crippen molar-refractivity contribution in [3.05, 3.63) is 54.1 Å². The molecule has 0 bridgehead atoms. The summed E-state index contributed by atoms with van der Waals surface area (Å²) < 4.78 is 10.7. The van der Waals surface area contributed by atoms with E-state index in [0.717, 1.165) is 22.7 Å². The van der Waals surface area contributed by atoms with Crippen LogP contribution < -0.4 is 20.1 Å². The van der Waals surface area contributed by atoms with Crippen molar-refractivity contribution in [3.63, 3.8) is 0 Å². The minimum absolute atomic E-state index is 0.0841. The maximum absolute atomic E-state index is 12.0. The topological polar surface area (TPSA) is 59.6 Å². The van der Waals surface area contributed by atoms with Gasteiger partial charge in [0.25, 0.3) is 0 Å². The first kappa shape index (κ1) is 16.7. The number of benzene rings is 2. The van der Waals surface area contributed by atoms with Gasteiger partial charge < -0.3 is 20.1 Å². The summed E-state index contributed by atoms with van der Waals surface area (Å²) >= 11 is 0. The zero-order valence-electron chi connectivity index (χ0n) is 13.5. The van der Waals surface area contributed by atoms with Crippen molar-refractivity contribution >= 4 is 11.6 Å². The van der Waals surface area contributed by atoms with Crippen molar-refractivity contribution in [3.8, 4) is 11.5 Å². The minimum Gasteiger partial charge on any atom is -0.497 e. The summed E-state index contributed by atoms with van der Waals surface area (Å²) in [6.07, 6.45) is 0. The minimum atomic E-state index is -0.0841. The fourth-order valence-electron chi connectivity index (χ4n) is 2.12. The van der Waals surface area contributed by atoms with Crippen molar-refractivity contribution in [2.75, 3.05) is 25.6 Å². The summed E-state index contributed by atoms with van der Waals surface area (Å²) in [7, 11) is 1.62. The predicted octanol–water partition coefficient (Wildman–Crippen LogP) is 2.82. The largest absolute Gasteiger partial charge is 0.497 e. The van der Waals surface area contributed by atoms with E-state index in [1.54, 1.807) is 7.11 Å². The second-order valence-electron chi connectivity index (χ2n) is 4.91. The standard InChI is InChI=1S/C18H22N2O3/c1-3-23-17-10-5-4-9-16(17)19-13-18(21)20-12-14-7-6-8-15(11-14)22-2/h4-11,19H,3,12-13H2,1-2H3,(H,20,21). The molecule has 5 heteroatoms. The summed E-state index contributed by atoms with van der Waals surface area (Å²) in [4.78, 5) is 12.0. The van der Waals surface area contributed by atoms with Crippen LogP contribution in [0.5, 0.6) is 11.5 Å². The van der Waals surface area contributed by atoms with Crippen molar-refractivity contribution in [2.45, 2.75) is 13.5 Å². The molecule has 0 spiro atoms. The van der Waals surface area contributed by atoms with Crippen LogP contribution >= 0.6 is 0 Å². The molecule has 2 aromatic carbocycles. The van der Waals surface area contributed by atoms with Crippen LogP contribution in [0.3, 0.4) is 0 Å². The number of anilines is 1. The third kappa shape index (κ3) is 5.21. The second kappa shape index (κ2) is 8.68. The SMILES string of the molecule is CCOc1ccccc1NCC(=O)NCc1cccc(OC)c1. The second-order valence-corrected chi connectivity index (χ2v) is 4.91. The van der Waals surface area contributed by atoms with Crippen LogP contribution in [0.4, 0.5) is 5.69 Å². The fraction of sp³-hybridized carbons (Fsp3) is 0.278. The molecule has 0 fully saturated rings. The Kier molecular flexibility index (Phi) is 6.29. The highest BCUT2D eigenvalue weighted by atomic mass is 16.5. The van der Waals surface area contributed by atoms with Gasteiger partial charge in [0.1, 0.15) is 11.5 Å². The molecule has 0 saturated heterocycles. The van der Waals surface area contributed by atoms with E-state index in [1.807, 2.05) is 55.5 Å². The van der Waals surface area contributed by atoms with Gasteiger partial charge >= 0.3 is 0 Å². The number of rotatable bonds is 8. The van der Waals surface area contributed by atoms with Crippen LogP contribution in [0.25, 0.3) is 0 Å². The molecule has 0 saturated carbocycles. The maximum Gasteiger partial charge on any atom is 0.239 e. The molecular formula is C18H22N2O3. The number of hydrogen-bond donors (Lipinski definition) is 2. The Morgan fingerprint density at radius 2 is 1.96 bits per heavy atom. The zero-order valence-corrected chi connectivity index (χ0v) is 13.5. The van der Waals surface area contributed by atoms with Gasteiger partial charge in [-0.2, -0.15) is 0 Å². The third-order valence-corrected chi connectivity index (χ3v) is 3.25. The van der Waals surface area contributed by atoms with Gasteiger partial charge in [0.15, 0.2) is 0 Å². The molecule has 0 radical (unpaired) electrons. The fourth-order valence-corrected chi connectivity index (χ4v) is 2.12. The number of hydrogen-bond acceptors (Lipinski definition) is 4. The van der Waals surface area contributed by atoms with E-state index in [9.17, 15) is 4.79 Å². The lowest BCUT2D eigenvalue weighted by molar-refractivity contribution is -0.119. The van der Waals surface area contributed by atoms with Crippen LogP contribution in [0.1, 0.15) is 12.5 Å². The van der Waals surface area contributed by atoms with Gasteiger partial charge in [0.05, 0.1) is 25.9 Å². The molecule has 2 aromatic rings. The highest BCUT2D eigenvalue weighted by Crippen LogP contribution is 2.23. The summed E-state index contributed by atoms with van der Waals surface area (Å²) in [5.41, 5.74) is 1.80. The van der Waals surface area contributed by atoms with Gasteiger partial charge in [-0.3, -0.25) is 4.79 Å². The number of carbonyl (C=O) groups excluding carboxylic acids is 1. The average Bonchev–Trinajstić information content (AvgIpc) is 2.59. The Morgan fingerprint density at radius 3 is 2.74 bits per heavy atom. The van der Waals surface area contributed by atoms with E-state index in [1.165, 1.54) is 0 Å². The summed E-state index contributed by atoms with van der Waals surface area (Å²) in [5.74, 6) is 1.44. The Hall–Kier alpha value is -2.69. The molecule has 0 heterocycles. The van der Waals surface area contributed by atoms with Gasteiger partial charge in [-0.1, -0.05) is 24.3 Å². The van der Waals surface area contributed by atoms with Crippen LogP contribution in [-0.2, 0) is 11.3 Å². The predicted molar refractivity (Wildman–Crippen MR) is 90.9 cm³/mol. The first-order valence-electron chi connectivity index (χ1n) is 7.58. The number of nitrogens with one attached hydrogen (secondary N) is 2. The average molecular weight is 314 g/mol. The normalized spacial score (nSPS) is 10.0. The summed E-state index contributed by atoms with van der Waals surface area (Å²) in [6, 6.07) is 15.2. The Morgan fingerprint density at radius 1 is 1.13 bits per heavy atom. The molecule has 2 rings (SSSR count).